The molecule has 0 radical (unpaired) electrons. The van der Waals surface area contributed by atoms with Crippen molar-refractivity contribution in [2.45, 2.75) is 64.8 Å². The number of nitrogens with one attached hydrogen (secondary N) is 2. The van der Waals surface area contributed by atoms with E-state index in [1.807, 2.05) is 18.2 Å². The average molecular weight is 290 g/mol. The lowest BCUT2D eigenvalue weighted by atomic mass is 10.1. The maximum Gasteiger partial charge on any atom is 0.260 e. The smallest absolute Gasteiger partial charge is 0.260 e. The molecule has 1 unspecified atom stereocenters. The lowest BCUT2D eigenvalue weighted by molar-refractivity contribution is -0.127. The summed E-state index contributed by atoms with van der Waals surface area (Å²) in [4.78, 5) is 11.9. The summed E-state index contributed by atoms with van der Waals surface area (Å²) in [7, 11) is 0. The molecule has 21 heavy (non-hydrogen) atoms. The van der Waals surface area contributed by atoms with Crippen LogP contribution in [0.1, 0.15) is 46.1 Å². The molecule has 1 aromatic rings. The van der Waals surface area contributed by atoms with Crippen molar-refractivity contribution < 1.29 is 9.53 Å². The summed E-state index contributed by atoms with van der Waals surface area (Å²) in [5.74, 6) is 0.706. The Morgan fingerprint density at radius 1 is 1.38 bits per heavy atom. The maximum atomic E-state index is 11.9. The van der Waals surface area contributed by atoms with Gasteiger partial charge in [0.2, 0.25) is 0 Å². The summed E-state index contributed by atoms with van der Waals surface area (Å²) in [6.07, 6.45) is 1.72. The van der Waals surface area contributed by atoms with Gasteiger partial charge >= 0.3 is 0 Å². The third-order valence-corrected chi connectivity index (χ3v) is 3.33. The van der Waals surface area contributed by atoms with Gasteiger partial charge in [0.1, 0.15) is 5.75 Å². The molecule has 1 aliphatic rings. The Kier molecular flexibility index (Phi) is 4.88. The first kappa shape index (κ1) is 15.8. The van der Waals surface area contributed by atoms with Crippen molar-refractivity contribution in [3.05, 3.63) is 29.8 Å². The van der Waals surface area contributed by atoms with E-state index < -0.39 is 6.10 Å². The van der Waals surface area contributed by atoms with E-state index in [4.69, 9.17) is 4.74 Å². The fourth-order valence-electron chi connectivity index (χ4n) is 1.90. The number of carbonyl (C=O) groups excluding carboxylic acids is 1. The lowest BCUT2D eigenvalue weighted by Crippen LogP contribution is -2.37. The van der Waals surface area contributed by atoms with Gasteiger partial charge in [-0.1, -0.05) is 12.1 Å². The minimum absolute atomic E-state index is 0.0317. The third kappa shape index (κ3) is 5.76. The van der Waals surface area contributed by atoms with Crippen LogP contribution in [0.15, 0.2) is 24.3 Å². The van der Waals surface area contributed by atoms with Crippen molar-refractivity contribution >= 4 is 5.91 Å². The first-order valence-corrected chi connectivity index (χ1v) is 7.64. The zero-order chi connectivity index (χ0) is 15.5. The molecule has 2 rings (SSSR count). The second kappa shape index (κ2) is 6.48. The van der Waals surface area contributed by atoms with Gasteiger partial charge in [-0.05, 0) is 58.2 Å². The van der Waals surface area contributed by atoms with Gasteiger partial charge in [-0.3, -0.25) is 4.79 Å². The van der Waals surface area contributed by atoms with Gasteiger partial charge in [0.15, 0.2) is 6.10 Å². The van der Waals surface area contributed by atoms with Crippen molar-refractivity contribution in [1.82, 2.24) is 10.6 Å². The Labute approximate surface area is 127 Å². The molecule has 0 aliphatic heterocycles. The van der Waals surface area contributed by atoms with Crippen molar-refractivity contribution in [3.63, 3.8) is 0 Å². The van der Waals surface area contributed by atoms with Crippen LogP contribution in [0, 0.1) is 0 Å². The SMILES string of the molecule is CC(Oc1cccc(CNC(C)(C)C)c1)C(=O)NC1CC1. The van der Waals surface area contributed by atoms with Crippen molar-refractivity contribution in [3.8, 4) is 5.75 Å². The fraction of sp³-hybridized carbons (Fsp3) is 0.588. The first-order chi connectivity index (χ1) is 9.83. The molecule has 0 saturated heterocycles. The summed E-state index contributed by atoms with van der Waals surface area (Å²) in [5.41, 5.74) is 1.23. The topological polar surface area (TPSA) is 50.4 Å². The highest BCUT2D eigenvalue weighted by Crippen LogP contribution is 2.20. The van der Waals surface area contributed by atoms with E-state index in [1.165, 1.54) is 0 Å². The van der Waals surface area contributed by atoms with Crippen LogP contribution in [0.5, 0.6) is 5.75 Å². The van der Waals surface area contributed by atoms with Crippen LogP contribution < -0.4 is 15.4 Å². The monoisotopic (exact) mass is 290 g/mol. The van der Waals surface area contributed by atoms with Crippen LogP contribution in [0.4, 0.5) is 0 Å². The van der Waals surface area contributed by atoms with E-state index in [2.05, 4.69) is 37.5 Å². The van der Waals surface area contributed by atoms with Gasteiger partial charge in [0, 0.05) is 18.1 Å². The molecule has 0 heterocycles. The number of benzene rings is 1. The number of ether oxygens (including phenoxy) is 1. The van der Waals surface area contributed by atoms with Crippen LogP contribution >= 0.6 is 0 Å². The number of hydrogen-bond acceptors (Lipinski definition) is 3. The van der Waals surface area contributed by atoms with Gasteiger partial charge in [-0.25, -0.2) is 0 Å². The molecule has 1 aromatic carbocycles. The third-order valence-electron chi connectivity index (χ3n) is 3.33. The van der Waals surface area contributed by atoms with Gasteiger partial charge < -0.3 is 15.4 Å². The van der Waals surface area contributed by atoms with Crippen LogP contribution in [0.25, 0.3) is 0 Å². The number of hydrogen-bond donors (Lipinski definition) is 2. The molecular weight excluding hydrogens is 264 g/mol. The molecule has 0 spiro atoms. The predicted molar refractivity (Wildman–Crippen MR) is 84.3 cm³/mol. The second-order valence-corrected chi connectivity index (χ2v) is 6.79. The predicted octanol–water partition coefficient (Wildman–Crippen LogP) is 2.62. The average Bonchev–Trinajstić information content (AvgIpc) is 3.20. The van der Waals surface area contributed by atoms with E-state index in [9.17, 15) is 4.79 Å². The van der Waals surface area contributed by atoms with E-state index in [0.717, 1.165) is 30.7 Å². The zero-order valence-corrected chi connectivity index (χ0v) is 13.4. The van der Waals surface area contributed by atoms with Crippen LogP contribution in [0.3, 0.4) is 0 Å². The Bertz CT molecular complexity index is 490. The highest BCUT2D eigenvalue weighted by atomic mass is 16.5. The summed E-state index contributed by atoms with van der Waals surface area (Å²) in [5, 5.41) is 6.40. The van der Waals surface area contributed by atoms with Gasteiger partial charge in [0.05, 0.1) is 0 Å². The van der Waals surface area contributed by atoms with Crippen LogP contribution in [0.2, 0.25) is 0 Å². The molecule has 2 N–H and O–H groups in total. The number of rotatable bonds is 6. The Morgan fingerprint density at radius 3 is 2.71 bits per heavy atom. The molecule has 4 nitrogen and oxygen atoms in total. The minimum Gasteiger partial charge on any atom is -0.481 e. The van der Waals surface area contributed by atoms with Crippen molar-refractivity contribution in [1.29, 1.82) is 0 Å². The zero-order valence-electron chi connectivity index (χ0n) is 13.4. The standard InChI is InChI=1S/C17H26N2O2/c1-12(16(20)19-14-8-9-14)21-15-7-5-6-13(10-15)11-18-17(2,3)4/h5-7,10,12,14,18H,8-9,11H2,1-4H3,(H,19,20). The van der Waals surface area contributed by atoms with Gasteiger partial charge in [-0.2, -0.15) is 0 Å². The Morgan fingerprint density at radius 2 is 2.10 bits per heavy atom. The van der Waals surface area contributed by atoms with Gasteiger partial charge in [0.25, 0.3) is 5.91 Å². The number of carbonyl (C=O) groups is 1. The molecule has 1 fully saturated rings. The van der Waals surface area contributed by atoms with E-state index >= 15 is 0 Å². The second-order valence-electron chi connectivity index (χ2n) is 6.79. The highest BCUT2D eigenvalue weighted by Gasteiger charge is 2.26. The van der Waals surface area contributed by atoms with E-state index in [-0.39, 0.29) is 11.4 Å². The number of amides is 1. The highest BCUT2D eigenvalue weighted by molar-refractivity contribution is 5.81. The lowest BCUT2D eigenvalue weighted by Gasteiger charge is -2.21. The summed E-state index contributed by atoms with van der Waals surface area (Å²) in [6.45, 7) is 8.98. The summed E-state index contributed by atoms with van der Waals surface area (Å²) in [6, 6.07) is 8.26. The summed E-state index contributed by atoms with van der Waals surface area (Å²) >= 11 is 0. The van der Waals surface area contributed by atoms with Crippen molar-refractivity contribution in [2.75, 3.05) is 0 Å². The fourth-order valence-corrected chi connectivity index (χ4v) is 1.90. The van der Waals surface area contributed by atoms with Gasteiger partial charge in [-0.15, -0.1) is 0 Å². The Balaban J connectivity index is 1.88. The minimum atomic E-state index is -0.462. The molecule has 4 heteroatoms. The molecule has 116 valence electrons. The molecule has 1 amide bonds. The Hall–Kier alpha value is -1.55. The van der Waals surface area contributed by atoms with Crippen molar-refractivity contribution in [2.24, 2.45) is 0 Å². The summed E-state index contributed by atoms with van der Waals surface area (Å²) < 4.78 is 5.74. The normalized spacial score (nSPS) is 16.4. The maximum absolute atomic E-state index is 11.9. The molecule has 1 aliphatic carbocycles. The first-order valence-electron chi connectivity index (χ1n) is 7.64. The van der Waals surface area contributed by atoms with E-state index in [0.29, 0.717) is 6.04 Å². The van der Waals surface area contributed by atoms with Crippen LogP contribution in [-0.4, -0.2) is 23.6 Å². The molecule has 0 bridgehead atoms. The quantitative estimate of drug-likeness (QED) is 0.847. The largest absolute Gasteiger partial charge is 0.481 e. The molecule has 1 saturated carbocycles. The molecular formula is C17H26N2O2. The molecule has 1 atom stereocenters. The van der Waals surface area contributed by atoms with E-state index in [1.54, 1.807) is 6.92 Å². The molecule has 0 aromatic heterocycles. The van der Waals surface area contributed by atoms with Crippen LogP contribution in [-0.2, 0) is 11.3 Å².